The molecule has 1 heterocycles. The van der Waals surface area contributed by atoms with Crippen LogP contribution in [0.5, 0.6) is 0 Å². The summed E-state index contributed by atoms with van der Waals surface area (Å²) in [5, 5.41) is 6.10. The molecule has 0 bridgehead atoms. The quantitative estimate of drug-likeness (QED) is 0.887. The average Bonchev–Trinajstić information content (AvgIpc) is 2.28. The zero-order valence-electron chi connectivity index (χ0n) is 13.0. The molecule has 1 aromatic heterocycles. The van der Waals surface area contributed by atoms with Crippen molar-refractivity contribution in [1.82, 2.24) is 9.97 Å². The largest absolute Gasteiger partial charge is 0.365 e. The fraction of sp³-hybridized carbons (Fsp3) is 0.733. The van der Waals surface area contributed by atoms with Crippen molar-refractivity contribution in [2.45, 2.75) is 53.0 Å². The van der Waals surface area contributed by atoms with Crippen molar-refractivity contribution < 1.29 is 4.39 Å². The van der Waals surface area contributed by atoms with Crippen LogP contribution in [0.25, 0.3) is 0 Å². The van der Waals surface area contributed by atoms with Crippen LogP contribution in [-0.2, 0) is 0 Å². The zero-order valence-corrected chi connectivity index (χ0v) is 13.0. The first kappa shape index (κ1) is 15.0. The fourth-order valence-corrected chi connectivity index (χ4v) is 3.73. The maximum atomic E-state index is 13.8. The molecule has 0 amide bonds. The lowest BCUT2D eigenvalue weighted by molar-refractivity contribution is 0.105. The van der Waals surface area contributed by atoms with Crippen LogP contribution in [0.4, 0.5) is 16.2 Å². The first-order chi connectivity index (χ1) is 9.21. The van der Waals surface area contributed by atoms with E-state index < -0.39 is 5.82 Å². The third-order valence-electron chi connectivity index (χ3n) is 3.86. The van der Waals surface area contributed by atoms with E-state index in [0.717, 1.165) is 12.8 Å². The maximum absolute atomic E-state index is 13.8. The van der Waals surface area contributed by atoms with E-state index >= 15 is 0 Å². The van der Waals surface area contributed by atoms with Gasteiger partial charge in [0.25, 0.3) is 0 Å². The van der Waals surface area contributed by atoms with Gasteiger partial charge in [0.1, 0.15) is 0 Å². The highest BCUT2D eigenvalue weighted by atomic mass is 19.1. The molecule has 1 aliphatic carbocycles. The third-order valence-corrected chi connectivity index (χ3v) is 3.86. The third kappa shape index (κ3) is 3.58. The van der Waals surface area contributed by atoms with Gasteiger partial charge in [0.2, 0.25) is 5.95 Å². The SMILES string of the molecule is CNc1ncc(F)c(NC2CC(C)(C)CC(C)(C)C2)n1. The summed E-state index contributed by atoms with van der Waals surface area (Å²) in [7, 11) is 1.73. The monoisotopic (exact) mass is 280 g/mol. The van der Waals surface area contributed by atoms with E-state index in [1.807, 2.05) is 0 Å². The number of aromatic nitrogens is 2. The molecule has 20 heavy (non-hydrogen) atoms. The summed E-state index contributed by atoms with van der Waals surface area (Å²) in [6, 6.07) is 0.239. The minimum Gasteiger partial charge on any atom is -0.365 e. The van der Waals surface area contributed by atoms with Crippen molar-refractivity contribution >= 4 is 11.8 Å². The van der Waals surface area contributed by atoms with Crippen LogP contribution in [-0.4, -0.2) is 23.1 Å². The van der Waals surface area contributed by atoms with Crippen LogP contribution in [0.1, 0.15) is 47.0 Å². The number of nitrogens with zero attached hydrogens (tertiary/aromatic N) is 2. The highest BCUT2D eigenvalue weighted by Crippen LogP contribution is 2.46. The van der Waals surface area contributed by atoms with Crippen molar-refractivity contribution in [3.05, 3.63) is 12.0 Å². The summed E-state index contributed by atoms with van der Waals surface area (Å²) < 4.78 is 13.8. The van der Waals surface area contributed by atoms with Crippen LogP contribution in [0.15, 0.2) is 6.20 Å². The number of hydrogen-bond donors (Lipinski definition) is 2. The number of anilines is 2. The molecule has 112 valence electrons. The summed E-state index contributed by atoms with van der Waals surface area (Å²) in [6.45, 7) is 9.10. The van der Waals surface area contributed by atoms with Gasteiger partial charge in [-0.25, -0.2) is 9.37 Å². The van der Waals surface area contributed by atoms with Gasteiger partial charge in [-0.1, -0.05) is 27.7 Å². The molecule has 0 radical (unpaired) electrons. The fourth-order valence-electron chi connectivity index (χ4n) is 3.73. The van der Waals surface area contributed by atoms with Crippen molar-refractivity contribution in [3.63, 3.8) is 0 Å². The van der Waals surface area contributed by atoms with E-state index in [2.05, 4.69) is 48.3 Å². The van der Waals surface area contributed by atoms with E-state index in [9.17, 15) is 4.39 Å². The smallest absolute Gasteiger partial charge is 0.224 e. The van der Waals surface area contributed by atoms with Gasteiger partial charge in [0.15, 0.2) is 11.6 Å². The lowest BCUT2D eigenvalue weighted by Crippen LogP contribution is -2.40. The van der Waals surface area contributed by atoms with Gasteiger partial charge < -0.3 is 10.6 Å². The molecule has 0 aliphatic heterocycles. The highest BCUT2D eigenvalue weighted by molar-refractivity contribution is 5.41. The molecule has 0 spiro atoms. The summed E-state index contributed by atoms with van der Waals surface area (Å²) in [5.41, 5.74) is 0.517. The van der Waals surface area contributed by atoms with E-state index in [1.54, 1.807) is 7.05 Å². The van der Waals surface area contributed by atoms with Crippen molar-refractivity contribution in [3.8, 4) is 0 Å². The molecule has 2 N–H and O–H groups in total. The molecular weight excluding hydrogens is 255 g/mol. The Bertz CT molecular complexity index is 469. The molecule has 1 fully saturated rings. The molecule has 1 saturated carbocycles. The molecule has 0 atom stereocenters. The van der Waals surface area contributed by atoms with Gasteiger partial charge in [-0.3, -0.25) is 0 Å². The maximum Gasteiger partial charge on any atom is 0.224 e. The summed E-state index contributed by atoms with van der Waals surface area (Å²) >= 11 is 0. The van der Waals surface area contributed by atoms with E-state index in [4.69, 9.17) is 0 Å². The minimum atomic E-state index is -0.398. The van der Waals surface area contributed by atoms with Crippen molar-refractivity contribution in [1.29, 1.82) is 0 Å². The van der Waals surface area contributed by atoms with Gasteiger partial charge in [0, 0.05) is 13.1 Å². The van der Waals surface area contributed by atoms with Gasteiger partial charge in [0.05, 0.1) is 6.20 Å². The van der Waals surface area contributed by atoms with Crippen molar-refractivity contribution in [2.24, 2.45) is 10.8 Å². The summed E-state index contributed by atoms with van der Waals surface area (Å²) in [6.07, 6.45) is 4.44. The first-order valence-corrected chi connectivity index (χ1v) is 7.18. The van der Waals surface area contributed by atoms with Gasteiger partial charge in [-0.05, 0) is 30.1 Å². The predicted octanol–water partition coefficient (Wildman–Crippen LogP) is 3.67. The normalized spacial score (nSPS) is 21.5. The molecule has 1 aromatic rings. The minimum absolute atomic E-state index is 0.239. The molecule has 1 aliphatic rings. The van der Waals surface area contributed by atoms with Gasteiger partial charge in [-0.2, -0.15) is 4.98 Å². The zero-order chi connectivity index (χ0) is 15.0. The Morgan fingerprint density at radius 3 is 2.35 bits per heavy atom. The Balaban J connectivity index is 2.17. The Kier molecular flexibility index (Phi) is 3.89. The van der Waals surface area contributed by atoms with Gasteiger partial charge in [-0.15, -0.1) is 0 Å². The lowest BCUT2D eigenvalue weighted by atomic mass is 9.63. The Morgan fingerprint density at radius 1 is 1.20 bits per heavy atom. The number of halogens is 1. The van der Waals surface area contributed by atoms with E-state index in [0.29, 0.717) is 11.8 Å². The molecular formula is C15H25FN4. The molecule has 0 unspecified atom stereocenters. The summed E-state index contributed by atoms with van der Waals surface area (Å²) in [5.74, 6) is 0.330. The van der Waals surface area contributed by atoms with E-state index in [1.165, 1.54) is 12.6 Å². The Morgan fingerprint density at radius 2 is 1.80 bits per heavy atom. The van der Waals surface area contributed by atoms with Crippen LogP contribution < -0.4 is 10.6 Å². The van der Waals surface area contributed by atoms with Crippen molar-refractivity contribution in [2.75, 3.05) is 17.7 Å². The average molecular weight is 280 g/mol. The Hall–Kier alpha value is -1.39. The second-order valence-electron chi connectivity index (χ2n) is 7.39. The Labute approximate surface area is 120 Å². The highest BCUT2D eigenvalue weighted by Gasteiger charge is 2.38. The molecule has 5 heteroatoms. The standard InChI is InChI=1S/C15H25FN4/c1-14(2)6-10(7-15(3,4)9-14)19-12-11(16)8-18-13(17-5)20-12/h8,10H,6-7,9H2,1-5H3,(H2,17,18,19,20). The number of rotatable bonds is 3. The number of hydrogen-bond acceptors (Lipinski definition) is 4. The second kappa shape index (κ2) is 5.19. The molecule has 0 saturated heterocycles. The van der Waals surface area contributed by atoms with Gasteiger partial charge >= 0.3 is 0 Å². The van der Waals surface area contributed by atoms with Crippen LogP contribution in [0.2, 0.25) is 0 Å². The topological polar surface area (TPSA) is 49.8 Å². The summed E-state index contributed by atoms with van der Waals surface area (Å²) in [4.78, 5) is 8.04. The first-order valence-electron chi connectivity index (χ1n) is 7.18. The van der Waals surface area contributed by atoms with Crippen LogP contribution in [0.3, 0.4) is 0 Å². The molecule has 0 aromatic carbocycles. The molecule has 2 rings (SSSR count). The van der Waals surface area contributed by atoms with Crippen LogP contribution >= 0.6 is 0 Å². The molecule has 4 nitrogen and oxygen atoms in total. The lowest BCUT2D eigenvalue weighted by Gasteiger charge is -2.45. The predicted molar refractivity (Wildman–Crippen MR) is 80.4 cm³/mol. The van der Waals surface area contributed by atoms with Crippen LogP contribution in [0, 0.1) is 16.6 Å². The van der Waals surface area contributed by atoms with E-state index in [-0.39, 0.29) is 16.9 Å². The second-order valence-corrected chi connectivity index (χ2v) is 7.39. The number of nitrogens with one attached hydrogen (secondary N) is 2.